The number of aryl methyl sites for hydroxylation is 1. The third-order valence-corrected chi connectivity index (χ3v) is 4.12. The average molecular weight is 335 g/mol. The molecule has 0 fully saturated rings. The number of hydrogen-bond acceptors (Lipinski definition) is 6. The third kappa shape index (κ3) is 5.02. The Morgan fingerprint density at radius 3 is 2.88 bits per heavy atom. The van der Waals surface area contributed by atoms with Crippen molar-refractivity contribution in [2.75, 3.05) is 26.7 Å². The number of esters is 1. The molecule has 0 bridgehead atoms. The fourth-order valence-electron chi connectivity index (χ4n) is 3.06. The van der Waals surface area contributed by atoms with E-state index < -0.39 is 0 Å². The molecule has 1 heterocycles. The van der Waals surface area contributed by atoms with Gasteiger partial charge in [0.15, 0.2) is 0 Å². The quantitative estimate of drug-likeness (QED) is 0.524. The lowest BCUT2D eigenvalue weighted by Crippen LogP contribution is -2.44. The van der Waals surface area contributed by atoms with Crippen LogP contribution in [0, 0.1) is 0 Å². The van der Waals surface area contributed by atoms with E-state index in [4.69, 9.17) is 9.94 Å². The van der Waals surface area contributed by atoms with E-state index in [1.54, 1.807) is 6.07 Å². The highest BCUT2D eigenvalue weighted by atomic mass is 16.5. The van der Waals surface area contributed by atoms with E-state index in [0.29, 0.717) is 5.56 Å². The standard InChI is InChI=1S/C17H25N3O4/c1-12(19-16(21)9-18-23)10-20-7-3-4-13-8-14(17(22)24-2)5-6-15(13)11-20/h5-6,8,12,18,23H,3-4,7,9-11H2,1-2H3,(H,19,21)/t12-/m0/s1. The van der Waals surface area contributed by atoms with Crippen LogP contribution < -0.4 is 10.8 Å². The molecule has 132 valence electrons. The smallest absolute Gasteiger partial charge is 0.337 e. The van der Waals surface area contributed by atoms with Gasteiger partial charge in [0.25, 0.3) is 0 Å². The van der Waals surface area contributed by atoms with Crippen molar-refractivity contribution in [3.05, 3.63) is 34.9 Å². The van der Waals surface area contributed by atoms with Gasteiger partial charge < -0.3 is 15.3 Å². The van der Waals surface area contributed by atoms with Gasteiger partial charge in [0, 0.05) is 19.1 Å². The maximum Gasteiger partial charge on any atom is 0.337 e. The summed E-state index contributed by atoms with van der Waals surface area (Å²) in [5.74, 6) is -0.546. The molecule has 0 spiro atoms. The molecule has 2 rings (SSSR count). The molecular weight excluding hydrogens is 310 g/mol. The predicted molar refractivity (Wildman–Crippen MR) is 88.8 cm³/mol. The molecule has 24 heavy (non-hydrogen) atoms. The molecule has 0 aromatic heterocycles. The van der Waals surface area contributed by atoms with Gasteiger partial charge in [-0.05, 0) is 49.6 Å². The van der Waals surface area contributed by atoms with Crippen molar-refractivity contribution >= 4 is 11.9 Å². The number of ether oxygens (including phenoxy) is 1. The number of hydroxylamine groups is 1. The molecule has 1 atom stereocenters. The first kappa shape index (κ1) is 18.4. The lowest BCUT2D eigenvalue weighted by Gasteiger charge is -2.25. The Kier molecular flexibility index (Phi) is 6.72. The van der Waals surface area contributed by atoms with Crippen LogP contribution in [0.15, 0.2) is 18.2 Å². The molecule has 1 aliphatic rings. The van der Waals surface area contributed by atoms with Crippen molar-refractivity contribution in [1.29, 1.82) is 0 Å². The fourth-order valence-corrected chi connectivity index (χ4v) is 3.06. The maximum absolute atomic E-state index is 11.7. The monoisotopic (exact) mass is 335 g/mol. The van der Waals surface area contributed by atoms with Crippen LogP contribution in [0.25, 0.3) is 0 Å². The first-order valence-electron chi connectivity index (χ1n) is 8.12. The summed E-state index contributed by atoms with van der Waals surface area (Å²) in [7, 11) is 1.39. The zero-order valence-corrected chi connectivity index (χ0v) is 14.2. The molecule has 7 nitrogen and oxygen atoms in total. The minimum atomic E-state index is -0.312. The van der Waals surface area contributed by atoms with Crippen LogP contribution in [0.5, 0.6) is 0 Å². The Morgan fingerprint density at radius 1 is 1.38 bits per heavy atom. The molecule has 1 amide bonds. The van der Waals surface area contributed by atoms with Crippen LogP contribution in [0.4, 0.5) is 0 Å². The molecular formula is C17H25N3O4. The summed E-state index contributed by atoms with van der Waals surface area (Å²) in [6, 6.07) is 5.69. The van der Waals surface area contributed by atoms with E-state index in [1.807, 2.05) is 24.5 Å². The highest BCUT2D eigenvalue weighted by Gasteiger charge is 2.18. The Hall–Kier alpha value is -1.96. The number of benzene rings is 1. The molecule has 7 heteroatoms. The van der Waals surface area contributed by atoms with E-state index in [0.717, 1.165) is 32.5 Å². The second-order valence-electron chi connectivity index (χ2n) is 6.12. The highest BCUT2D eigenvalue weighted by molar-refractivity contribution is 5.89. The van der Waals surface area contributed by atoms with Crippen LogP contribution in [0.3, 0.4) is 0 Å². The number of carbonyl (C=O) groups is 2. The average Bonchev–Trinajstić information content (AvgIpc) is 2.74. The van der Waals surface area contributed by atoms with E-state index in [1.165, 1.54) is 18.2 Å². The SMILES string of the molecule is COC(=O)c1ccc2c(c1)CCCN(C[C@H](C)NC(=O)CNO)C2. The molecule has 1 aromatic carbocycles. The van der Waals surface area contributed by atoms with Crippen molar-refractivity contribution < 1.29 is 19.5 Å². The second-order valence-corrected chi connectivity index (χ2v) is 6.12. The van der Waals surface area contributed by atoms with Gasteiger partial charge in [-0.25, -0.2) is 4.79 Å². The lowest BCUT2D eigenvalue weighted by atomic mass is 10.0. The number of amides is 1. The van der Waals surface area contributed by atoms with E-state index in [2.05, 4.69) is 10.2 Å². The van der Waals surface area contributed by atoms with Crippen LogP contribution in [0.2, 0.25) is 0 Å². The van der Waals surface area contributed by atoms with Gasteiger partial charge in [-0.1, -0.05) is 6.07 Å². The number of nitrogens with one attached hydrogen (secondary N) is 2. The van der Waals surface area contributed by atoms with Crippen molar-refractivity contribution in [2.24, 2.45) is 0 Å². The van der Waals surface area contributed by atoms with Crippen LogP contribution in [-0.2, 0) is 22.5 Å². The molecule has 1 aliphatic heterocycles. The van der Waals surface area contributed by atoms with E-state index >= 15 is 0 Å². The zero-order valence-electron chi connectivity index (χ0n) is 14.2. The Balaban J connectivity index is 1.99. The summed E-state index contributed by atoms with van der Waals surface area (Å²) < 4.78 is 4.78. The summed E-state index contributed by atoms with van der Waals surface area (Å²) in [5.41, 5.74) is 4.83. The highest BCUT2D eigenvalue weighted by Crippen LogP contribution is 2.21. The molecule has 1 aromatic rings. The largest absolute Gasteiger partial charge is 0.465 e. The fraction of sp³-hybridized carbons (Fsp3) is 0.529. The van der Waals surface area contributed by atoms with Gasteiger partial charge in [-0.2, -0.15) is 5.48 Å². The number of hydrogen-bond donors (Lipinski definition) is 3. The summed E-state index contributed by atoms with van der Waals surface area (Å²) in [4.78, 5) is 25.4. The van der Waals surface area contributed by atoms with Crippen LogP contribution in [0.1, 0.15) is 34.8 Å². The maximum atomic E-state index is 11.7. The number of carbonyl (C=O) groups excluding carboxylic acids is 2. The van der Waals surface area contributed by atoms with Crippen molar-refractivity contribution in [1.82, 2.24) is 15.7 Å². The van der Waals surface area contributed by atoms with Gasteiger partial charge in [0.1, 0.15) is 0 Å². The molecule has 0 unspecified atom stereocenters. The van der Waals surface area contributed by atoms with Crippen molar-refractivity contribution in [3.8, 4) is 0 Å². The topological polar surface area (TPSA) is 90.9 Å². The van der Waals surface area contributed by atoms with Crippen LogP contribution >= 0.6 is 0 Å². The molecule has 0 radical (unpaired) electrons. The lowest BCUT2D eigenvalue weighted by molar-refractivity contribution is -0.122. The second kappa shape index (κ2) is 8.77. The Labute approximate surface area is 141 Å². The molecule has 0 saturated heterocycles. The number of methoxy groups -OCH3 is 1. The first-order chi connectivity index (χ1) is 11.5. The van der Waals surface area contributed by atoms with Gasteiger partial charge in [0.2, 0.25) is 5.91 Å². The molecule has 0 aliphatic carbocycles. The molecule has 0 saturated carbocycles. The normalized spacial score (nSPS) is 16.0. The minimum Gasteiger partial charge on any atom is -0.465 e. The van der Waals surface area contributed by atoms with Gasteiger partial charge >= 0.3 is 5.97 Å². The van der Waals surface area contributed by atoms with E-state index in [-0.39, 0.29) is 24.5 Å². The number of fused-ring (bicyclic) bond motifs is 1. The van der Waals surface area contributed by atoms with Gasteiger partial charge in [-0.15, -0.1) is 0 Å². The first-order valence-corrected chi connectivity index (χ1v) is 8.12. The Bertz CT molecular complexity index is 591. The van der Waals surface area contributed by atoms with Crippen LogP contribution in [-0.4, -0.2) is 54.8 Å². The van der Waals surface area contributed by atoms with Gasteiger partial charge in [0.05, 0.1) is 19.2 Å². The summed E-state index contributed by atoms with van der Waals surface area (Å²) in [6.07, 6.45) is 1.92. The Morgan fingerprint density at radius 2 is 2.17 bits per heavy atom. The predicted octanol–water partition coefficient (Wildman–Crippen LogP) is 0.705. The summed E-state index contributed by atoms with van der Waals surface area (Å²) in [6.45, 7) is 4.29. The zero-order chi connectivity index (χ0) is 17.5. The summed E-state index contributed by atoms with van der Waals surface area (Å²) in [5, 5.41) is 11.4. The van der Waals surface area contributed by atoms with Crippen molar-refractivity contribution in [3.63, 3.8) is 0 Å². The van der Waals surface area contributed by atoms with Gasteiger partial charge in [-0.3, -0.25) is 9.69 Å². The third-order valence-electron chi connectivity index (χ3n) is 4.12. The van der Waals surface area contributed by atoms with Crippen molar-refractivity contribution in [2.45, 2.75) is 32.4 Å². The number of rotatable bonds is 6. The number of nitrogens with zero attached hydrogens (tertiary/aromatic N) is 1. The molecule has 3 N–H and O–H groups in total. The minimum absolute atomic E-state index is 0.0123. The van der Waals surface area contributed by atoms with E-state index in [9.17, 15) is 9.59 Å². The summed E-state index contributed by atoms with van der Waals surface area (Å²) >= 11 is 0.